The van der Waals surface area contributed by atoms with Gasteiger partial charge in [0, 0.05) is 0 Å². The van der Waals surface area contributed by atoms with E-state index in [1.807, 2.05) is 0 Å². The summed E-state index contributed by atoms with van der Waals surface area (Å²) in [6.07, 6.45) is 0.490. The quantitative estimate of drug-likeness (QED) is 0.627. The molecule has 0 aliphatic heterocycles. The standard InChI is InChI=1S/C8H14O3/c1-8(2)3-5(4-8)6(9)7(10)11/h5-6,9H,3-4H2,1-2H3,(H,10,11). The highest BCUT2D eigenvalue weighted by Gasteiger charge is 2.42. The number of hydrogen-bond donors (Lipinski definition) is 2. The molecule has 0 amide bonds. The molecule has 1 rings (SSSR count). The molecule has 1 atom stereocenters. The van der Waals surface area contributed by atoms with Gasteiger partial charge < -0.3 is 10.2 Å². The molecule has 64 valence electrons. The van der Waals surface area contributed by atoms with Crippen LogP contribution in [0, 0.1) is 11.3 Å². The van der Waals surface area contributed by atoms with Crippen molar-refractivity contribution in [3.05, 3.63) is 0 Å². The number of aliphatic hydroxyl groups is 1. The van der Waals surface area contributed by atoms with Gasteiger partial charge in [-0.3, -0.25) is 0 Å². The van der Waals surface area contributed by atoms with Crippen LogP contribution in [-0.4, -0.2) is 22.3 Å². The number of carbonyl (C=O) groups is 1. The van der Waals surface area contributed by atoms with Crippen molar-refractivity contribution in [3.63, 3.8) is 0 Å². The first-order valence-electron chi connectivity index (χ1n) is 3.83. The summed E-state index contributed by atoms with van der Waals surface area (Å²) in [5, 5.41) is 17.5. The molecule has 0 saturated heterocycles. The average Bonchev–Trinajstić information content (AvgIpc) is 1.80. The Balaban J connectivity index is 2.38. The van der Waals surface area contributed by atoms with Gasteiger partial charge in [0.05, 0.1) is 0 Å². The van der Waals surface area contributed by atoms with Crippen molar-refractivity contribution in [3.8, 4) is 0 Å². The van der Waals surface area contributed by atoms with E-state index in [0.717, 1.165) is 12.8 Å². The van der Waals surface area contributed by atoms with Gasteiger partial charge >= 0.3 is 5.97 Å². The molecule has 0 spiro atoms. The predicted molar refractivity (Wildman–Crippen MR) is 40.1 cm³/mol. The lowest BCUT2D eigenvalue weighted by Crippen LogP contribution is -2.42. The molecule has 3 nitrogen and oxygen atoms in total. The highest BCUT2D eigenvalue weighted by atomic mass is 16.4. The number of aliphatic carboxylic acids is 1. The molecule has 1 unspecified atom stereocenters. The topological polar surface area (TPSA) is 57.5 Å². The van der Waals surface area contributed by atoms with Gasteiger partial charge in [0.25, 0.3) is 0 Å². The van der Waals surface area contributed by atoms with Crippen LogP contribution in [0.3, 0.4) is 0 Å². The van der Waals surface area contributed by atoms with Crippen molar-refractivity contribution in [1.29, 1.82) is 0 Å². The van der Waals surface area contributed by atoms with Crippen molar-refractivity contribution in [1.82, 2.24) is 0 Å². The van der Waals surface area contributed by atoms with Gasteiger partial charge in [0.1, 0.15) is 0 Å². The van der Waals surface area contributed by atoms with Gasteiger partial charge in [-0.2, -0.15) is 0 Å². The fourth-order valence-electron chi connectivity index (χ4n) is 1.78. The Morgan fingerprint density at radius 1 is 1.55 bits per heavy atom. The molecular weight excluding hydrogens is 144 g/mol. The average molecular weight is 158 g/mol. The second-order valence-electron chi connectivity index (χ2n) is 4.12. The van der Waals surface area contributed by atoms with Gasteiger partial charge in [-0.1, -0.05) is 13.8 Å². The minimum atomic E-state index is -1.15. The maximum atomic E-state index is 10.3. The summed E-state index contributed by atoms with van der Waals surface area (Å²) in [5.74, 6) is -1.12. The van der Waals surface area contributed by atoms with Gasteiger partial charge in [-0.05, 0) is 24.2 Å². The number of rotatable bonds is 2. The molecule has 0 aromatic carbocycles. The van der Waals surface area contributed by atoms with E-state index in [-0.39, 0.29) is 11.3 Å². The fraction of sp³-hybridized carbons (Fsp3) is 0.875. The lowest BCUT2D eigenvalue weighted by atomic mass is 9.62. The summed E-state index contributed by atoms with van der Waals surface area (Å²) in [6, 6.07) is 0. The fourth-order valence-corrected chi connectivity index (χ4v) is 1.78. The molecule has 0 heterocycles. The van der Waals surface area contributed by atoms with Crippen LogP contribution in [0.4, 0.5) is 0 Å². The summed E-state index contributed by atoms with van der Waals surface area (Å²) < 4.78 is 0. The molecule has 1 aliphatic carbocycles. The van der Waals surface area contributed by atoms with Crippen LogP contribution in [0.25, 0.3) is 0 Å². The smallest absolute Gasteiger partial charge is 0.332 e. The SMILES string of the molecule is CC1(C)CC(C(O)C(=O)O)C1. The molecule has 3 heteroatoms. The zero-order valence-corrected chi connectivity index (χ0v) is 6.87. The van der Waals surface area contributed by atoms with Crippen molar-refractivity contribution in [2.45, 2.75) is 32.8 Å². The Kier molecular flexibility index (Phi) is 1.92. The van der Waals surface area contributed by atoms with Crippen LogP contribution in [-0.2, 0) is 4.79 Å². The van der Waals surface area contributed by atoms with Crippen molar-refractivity contribution in [2.75, 3.05) is 0 Å². The highest BCUT2D eigenvalue weighted by molar-refractivity contribution is 5.72. The molecule has 1 fully saturated rings. The Morgan fingerprint density at radius 3 is 2.27 bits per heavy atom. The van der Waals surface area contributed by atoms with Crippen molar-refractivity contribution < 1.29 is 15.0 Å². The first-order valence-corrected chi connectivity index (χ1v) is 3.83. The number of hydrogen-bond acceptors (Lipinski definition) is 2. The largest absolute Gasteiger partial charge is 0.479 e. The first kappa shape index (κ1) is 8.53. The number of carboxylic acid groups (broad SMARTS) is 1. The van der Waals surface area contributed by atoms with Crippen LogP contribution < -0.4 is 0 Å². The van der Waals surface area contributed by atoms with E-state index in [2.05, 4.69) is 13.8 Å². The van der Waals surface area contributed by atoms with Crippen LogP contribution >= 0.6 is 0 Å². The third-order valence-corrected chi connectivity index (χ3v) is 2.33. The normalized spacial score (nSPS) is 25.7. The van der Waals surface area contributed by atoms with Gasteiger partial charge in [0.15, 0.2) is 6.10 Å². The Hall–Kier alpha value is -0.570. The van der Waals surface area contributed by atoms with E-state index in [4.69, 9.17) is 10.2 Å². The van der Waals surface area contributed by atoms with Gasteiger partial charge in [-0.15, -0.1) is 0 Å². The van der Waals surface area contributed by atoms with E-state index in [1.54, 1.807) is 0 Å². The molecule has 0 aromatic heterocycles. The molecular formula is C8H14O3. The second-order valence-corrected chi connectivity index (χ2v) is 4.12. The maximum absolute atomic E-state index is 10.3. The zero-order valence-electron chi connectivity index (χ0n) is 6.87. The summed E-state index contributed by atoms with van der Waals surface area (Å²) >= 11 is 0. The third kappa shape index (κ3) is 1.71. The van der Waals surface area contributed by atoms with Gasteiger partial charge in [0.2, 0.25) is 0 Å². The predicted octanol–water partition coefficient (Wildman–Crippen LogP) is 0.868. The monoisotopic (exact) mass is 158 g/mol. The number of aliphatic hydroxyl groups excluding tert-OH is 1. The van der Waals surface area contributed by atoms with Crippen molar-refractivity contribution >= 4 is 5.97 Å². The summed E-state index contributed by atoms with van der Waals surface area (Å²) in [5.41, 5.74) is 0.237. The Labute approximate surface area is 66.0 Å². The van der Waals surface area contributed by atoms with E-state index < -0.39 is 12.1 Å². The summed E-state index contributed by atoms with van der Waals surface area (Å²) in [6.45, 7) is 4.16. The molecule has 0 bridgehead atoms. The van der Waals surface area contributed by atoms with Crippen LogP contribution in [0.15, 0.2) is 0 Å². The van der Waals surface area contributed by atoms with Crippen LogP contribution in [0.5, 0.6) is 0 Å². The third-order valence-electron chi connectivity index (χ3n) is 2.33. The van der Waals surface area contributed by atoms with Gasteiger partial charge in [-0.25, -0.2) is 4.79 Å². The molecule has 1 saturated carbocycles. The molecule has 2 N–H and O–H groups in total. The van der Waals surface area contributed by atoms with Crippen LogP contribution in [0.1, 0.15) is 26.7 Å². The Bertz CT molecular complexity index is 166. The zero-order chi connectivity index (χ0) is 8.65. The van der Waals surface area contributed by atoms with Crippen molar-refractivity contribution in [2.24, 2.45) is 11.3 Å². The minimum absolute atomic E-state index is 0.0255. The van der Waals surface area contributed by atoms with Crippen LogP contribution in [0.2, 0.25) is 0 Å². The highest BCUT2D eigenvalue weighted by Crippen LogP contribution is 2.46. The van der Waals surface area contributed by atoms with E-state index in [1.165, 1.54) is 0 Å². The van der Waals surface area contributed by atoms with E-state index in [0.29, 0.717) is 0 Å². The molecule has 1 aliphatic rings. The molecule has 0 aromatic rings. The summed E-state index contributed by atoms with van der Waals surface area (Å²) in [7, 11) is 0. The van der Waals surface area contributed by atoms with E-state index in [9.17, 15) is 4.79 Å². The lowest BCUT2D eigenvalue weighted by molar-refractivity contribution is -0.154. The summed E-state index contributed by atoms with van der Waals surface area (Å²) in [4.78, 5) is 10.3. The molecule has 0 radical (unpaired) electrons. The Morgan fingerprint density at radius 2 is 2.00 bits per heavy atom. The molecule has 11 heavy (non-hydrogen) atoms. The maximum Gasteiger partial charge on any atom is 0.332 e. The lowest BCUT2D eigenvalue weighted by Gasteiger charge is -2.43. The minimum Gasteiger partial charge on any atom is -0.479 e. The van der Waals surface area contributed by atoms with E-state index >= 15 is 0 Å². The first-order chi connectivity index (χ1) is 4.92. The number of carboxylic acids is 1. The second kappa shape index (κ2) is 2.48.